The Morgan fingerprint density at radius 3 is 2.67 bits per heavy atom. The predicted octanol–water partition coefficient (Wildman–Crippen LogP) is 1.73. The van der Waals surface area contributed by atoms with Gasteiger partial charge in [0.25, 0.3) is 0 Å². The molecular weight excluding hydrogens is 206 g/mol. The van der Waals surface area contributed by atoms with Crippen molar-refractivity contribution in [3.05, 3.63) is 15.6 Å². The number of thiazole rings is 1. The fourth-order valence-electron chi connectivity index (χ4n) is 1.97. The van der Waals surface area contributed by atoms with Gasteiger partial charge in [-0.25, -0.2) is 4.98 Å². The van der Waals surface area contributed by atoms with E-state index in [1.807, 2.05) is 0 Å². The van der Waals surface area contributed by atoms with Crippen molar-refractivity contribution in [3.8, 4) is 0 Å². The smallest absolute Gasteiger partial charge is 0.0900 e. The van der Waals surface area contributed by atoms with Crippen molar-refractivity contribution >= 4 is 11.3 Å². The van der Waals surface area contributed by atoms with Crippen LogP contribution in [0.25, 0.3) is 0 Å². The van der Waals surface area contributed by atoms with Crippen LogP contribution in [0.1, 0.15) is 34.8 Å². The average Bonchev–Trinajstić information content (AvgIpc) is 2.42. The van der Waals surface area contributed by atoms with Gasteiger partial charge in [-0.1, -0.05) is 0 Å². The molecule has 0 spiro atoms. The molecule has 0 atom stereocenters. The van der Waals surface area contributed by atoms with E-state index in [4.69, 9.17) is 5.73 Å². The summed E-state index contributed by atoms with van der Waals surface area (Å²) in [5.74, 6) is 0. The zero-order valence-corrected chi connectivity index (χ0v) is 10.3. The van der Waals surface area contributed by atoms with Crippen molar-refractivity contribution in [2.24, 2.45) is 5.73 Å². The topological polar surface area (TPSA) is 50.9 Å². The fourth-order valence-corrected chi connectivity index (χ4v) is 2.88. The number of nitrogens with two attached hydrogens (primary N) is 1. The first kappa shape index (κ1) is 11.0. The van der Waals surface area contributed by atoms with Crippen LogP contribution in [0, 0.1) is 13.8 Å². The van der Waals surface area contributed by atoms with Gasteiger partial charge < -0.3 is 11.1 Å². The van der Waals surface area contributed by atoms with Crippen molar-refractivity contribution < 1.29 is 0 Å². The molecule has 0 unspecified atom stereocenters. The van der Waals surface area contributed by atoms with Crippen LogP contribution in [0.15, 0.2) is 0 Å². The van der Waals surface area contributed by atoms with Gasteiger partial charge in [0.05, 0.1) is 10.7 Å². The molecule has 1 aromatic heterocycles. The number of aryl methyl sites for hydroxylation is 2. The van der Waals surface area contributed by atoms with Crippen LogP contribution in [-0.2, 0) is 6.54 Å². The molecule has 2 rings (SSSR count). The molecule has 15 heavy (non-hydrogen) atoms. The van der Waals surface area contributed by atoms with Gasteiger partial charge in [-0.2, -0.15) is 0 Å². The molecular formula is C11H19N3S. The van der Waals surface area contributed by atoms with E-state index in [0.717, 1.165) is 23.8 Å². The second kappa shape index (κ2) is 4.20. The van der Waals surface area contributed by atoms with E-state index in [0.29, 0.717) is 0 Å². The van der Waals surface area contributed by atoms with Crippen molar-refractivity contribution in [2.75, 3.05) is 6.54 Å². The third-order valence-electron chi connectivity index (χ3n) is 3.11. The molecule has 0 aliphatic heterocycles. The molecule has 84 valence electrons. The Kier molecular flexibility index (Phi) is 3.09. The minimum absolute atomic E-state index is 0.0770. The Hall–Kier alpha value is -0.450. The van der Waals surface area contributed by atoms with Crippen LogP contribution in [-0.4, -0.2) is 17.1 Å². The first-order valence-electron chi connectivity index (χ1n) is 5.52. The van der Waals surface area contributed by atoms with Gasteiger partial charge in [-0.15, -0.1) is 11.3 Å². The van der Waals surface area contributed by atoms with Crippen LogP contribution < -0.4 is 11.1 Å². The largest absolute Gasteiger partial charge is 0.324 e. The summed E-state index contributed by atoms with van der Waals surface area (Å²) in [6.07, 6.45) is 3.62. The third-order valence-corrected chi connectivity index (χ3v) is 4.18. The number of nitrogens with zero attached hydrogens (tertiary/aromatic N) is 1. The summed E-state index contributed by atoms with van der Waals surface area (Å²) in [5.41, 5.74) is 7.37. The monoisotopic (exact) mass is 225 g/mol. The average molecular weight is 225 g/mol. The van der Waals surface area contributed by atoms with Crippen LogP contribution in [0.3, 0.4) is 0 Å². The molecule has 1 aromatic rings. The number of nitrogens with one attached hydrogen (secondary N) is 1. The lowest BCUT2D eigenvalue weighted by atomic mass is 9.78. The molecule has 0 bridgehead atoms. The van der Waals surface area contributed by atoms with E-state index in [-0.39, 0.29) is 5.54 Å². The quantitative estimate of drug-likeness (QED) is 0.820. The lowest BCUT2D eigenvalue weighted by Crippen LogP contribution is -2.53. The summed E-state index contributed by atoms with van der Waals surface area (Å²) in [6.45, 7) is 5.97. The minimum Gasteiger partial charge on any atom is -0.324 e. The van der Waals surface area contributed by atoms with Crippen molar-refractivity contribution in [3.63, 3.8) is 0 Å². The normalized spacial score (nSPS) is 18.9. The van der Waals surface area contributed by atoms with Crippen molar-refractivity contribution in [1.82, 2.24) is 10.3 Å². The minimum atomic E-state index is 0.0770. The highest BCUT2D eigenvalue weighted by Gasteiger charge is 2.31. The SMILES string of the molecule is Cc1nc(C)c(CNCC2(N)CCC2)s1. The summed E-state index contributed by atoms with van der Waals surface area (Å²) in [7, 11) is 0. The molecule has 1 saturated carbocycles. The standard InChI is InChI=1S/C11H19N3S/c1-8-10(15-9(2)14-8)6-13-7-11(12)4-3-5-11/h13H,3-7,12H2,1-2H3. The van der Waals surface area contributed by atoms with Gasteiger partial charge in [0, 0.05) is 23.5 Å². The second-order valence-electron chi connectivity index (χ2n) is 4.56. The van der Waals surface area contributed by atoms with E-state index in [2.05, 4.69) is 24.1 Å². The van der Waals surface area contributed by atoms with E-state index in [1.165, 1.54) is 24.1 Å². The van der Waals surface area contributed by atoms with Crippen LogP contribution in [0.4, 0.5) is 0 Å². The highest BCUT2D eigenvalue weighted by atomic mass is 32.1. The number of hydrogen-bond donors (Lipinski definition) is 2. The summed E-state index contributed by atoms with van der Waals surface area (Å²) < 4.78 is 0. The zero-order chi connectivity index (χ0) is 10.9. The first-order chi connectivity index (χ1) is 7.09. The molecule has 1 heterocycles. The maximum Gasteiger partial charge on any atom is 0.0900 e. The van der Waals surface area contributed by atoms with E-state index in [1.54, 1.807) is 11.3 Å². The highest BCUT2D eigenvalue weighted by molar-refractivity contribution is 7.11. The lowest BCUT2D eigenvalue weighted by Gasteiger charge is -2.38. The molecule has 3 nitrogen and oxygen atoms in total. The molecule has 0 aromatic carbocycles. The Balaban J connectivity index is 1.80. The van der Waals surface area contributed by atoms with Crippen molar-refractivity contribution in [1.29, 1.82) is 0 Å². The second-order valence-corrected chi connectivity index (χ2v) is 5.85. The molecule has 0 radical (unpaired) electrons. The summed E-state index contributed by atoms with van der Waals surface area (Å²) >= 11 is 1.78. The molecule has 1 fully saturated rings. The summed E-state index contributed by atoms with van der Waals surface area (Å²) in [4.78, 5) is 5.75. The lowest BCUT2D eigenvalue weighted by molar-refractivity contribution is 0.239. The number of rotatable bonds is 4. The summed E-state index contributed by atoms with van der Waals surface area (Å²) in [6, 6.07) is 0. The predicted molar refractivity (Wildman–Crippen MR) is 64.1 cm³/mol. The fraction of sp³-hybridized carbons (Fsp3) is 0.727. The Bertz CT molecular complexity index is 342. The number of aromatic nitrogens is 1. The van der Waals surface area contributed by atoms with Gasteiger partial charge in [0.1, 0.15) is 0 Å². The maximum absolute atomic E-state index is 6.14. The zero-order valence-electron chi connectivity index (χ0n) is 9.47. The van der Waals surface area contributed by atoms with Gasteiger partial charge in [-0.05, 0) is 33.1 Å². The molecule has 3 N–H and O–H groups in total. The van der Waals surface area contributed by atoms with Crippen LogP contribution in [0.2, 0.25) is 0 Å². The van der Waals surface area contributed by atoms with Gasteiger partial charge in [0.15, 0.2) is 0 Å². The molecule has 1 aliphatic rings. The van der Waals surface area contributed by atoms with Crippen LogP contribution in [0.5, 0.6) is 0 Å². The van der Waals surface area contributed by atoms with Gasteiger partial charge in [-0.3, -0.25) is 0 Å². The summed E-state index contributed by atoms with van der Waals surface area (Å²) in [5, 5.41) is 4.59. The Labute approximate surface area is 95.1 Å². The Morgan fingerprint density at radius 2 is 2.20 bits per heavy atom. The first-order valence-corrected chi connectivity index (χ1v) is 6.33. The molecule has 0 amide bonds. The molecule has 4 heteroatoms. The van der Waals surface area contributed by atoms with Crippen LogP contribution >= 0.6 is 11.3 Å². The van der Waals surface area contributed by atoms with Gasteiger partial charge in [0.2, 0.25) is 0 Å². The molecule has 1 aliphatic carbocycles. The van der Waals surface area contributed by atoms with E-state index >= 15 is 0 Å². The maximum atomic E-state index is 6.14. The van der Waals surface area contributed by atoms with E-state index in [9.17, 15) is 0 Å². The van der Waals surface area contributed by atoms with E-state index < -0.39 is 0 Å². The Morgan fingerprint density at radius 1 is 1.47 bits per heavy atom. The highest BCUT2D eigenvalue weighted by Crippen LogP contribution is 2.28. The molecule has 0 saturated heterocycles. The number of hydrogen-bond acceptors (Lipinski definition) is 4. The van der Waals surface area contributed by atoms with Crippen molar-refractivity contribution in [2.45, 2.75) is 45.2 Å². The third kappa shape index (κ3) is 2.56. The van der Waals surface area contributed by atoms with Gasteiger partial charge >= 0.3 is 0 Å².